The zero-order valence-corrected chi connectivity index (χ0v) is 18.1. The normalized spacial score (nSPS) is 15.4. The Kier molecular flexibility index (Phi) is 5.51. The Morgan fingerprint density at radius 2 is 1.73 bits per heavy atom. The fraction of sp³-hybridized carbons (Fsp3) is 0.409. The van der Waals surface area contributed by atoms with Crippen LogP contribution in [0.2, 0.25) is 0 Å². The zero-order valence-electron chi connectivity index (χ0n) is 17.3. The molecule has 0 spiro atoms. The molecule has 0 aromatic carbocycles. The number of aromatic nitrogens is 1. The molecule has 7 nitrogen and oxygen atoms in total. The summed E-state index contributed by atoms with van der Waals surface area (Å²) in [5.41, 5.74) is 0.237. The number of hydrogen-bond donors (Lipinski definition) is 1. The summed E-state index contributed by atoms with van der Waals surface area (Å²) in [7, 11) is 0. The molecule has 0 atom stereocenters. The van der Waals surface area contributed by atoms with Gasteiger partial charge in [-0.25, -0.2) is 4.98 Å². The quantitative estimate of drug-likeness (QED) is 0.641. The summed E-state index contributed by atoms with van der Waals surface area (Å²) < 4.78 is 11.0. The van der Waals surface area contributed by atoms with Gasteiger partial charge in [0.05, 0.1) is 12.5 Å². The fourth-order valence-electron chi connectivity index (χ4n) is 3.56. The van der Waals surface area contributed by atoms with Crippen LogP contribution in [0, 0.1) is 11.3 Å². The molecule has 0 aliphatic carbocycles. The molecule has 4 heterocycles. The summed E-state index contributed by atoms with van der Waals surface area (Å²) >= 11 is 1.36. The van der Waals surface area contributed by atoms with E-state index in [-0.39, 0.29) is 17.7 Å². The maximum atomic E-state index is 12.8. The van der Waals surface area contributed by atoms with Crippen LogP contribution in [-0.2, 0) is 9.59 Å². The first-order valence-corrected chi connectivity index (χ1v) is 10.8. The van der Waals surface area contributed by atoms with Crippen molar-refractivity contribution in [1.82, 2.24) is 9.88 Å². The molecule has 0 bridgehead atoms. The predicted molar refractivity (Wildman–Crippen MR) is 115 cm³/mol. The van der Waals surface area contributed by atoms with E-state index in [1.54, 1.807) is 18.6 Å². The molecule has 1 aliphatic heterocycles. The van der Waals surface area contributed by atoms with Crippen molar-refractivity contribution in [2.75, 3.05) is 18.4 Å². The van der Waals surface area contributed by atoms with Crippen LogP contribution < -0.4 is 5.32 Å². The molecule has 3 aromatic rings. The van der Waals surface area contributed by atoms with Crippen molar-refractivity contribution < 1.29 is 18.4 Å². The van der Waals surface area contributed by atoms with E-state index in [2.05, 4.69) is 10.3 Å². The number of anilines is 1. The van der Waals surface area contributed by atoms with Gasteiger partial charge >= 0.3 is 0 Å². The Balaban J connectivity index is 1.46. The van der Waals surface area contributed by atoms with E-state index in [0.29, 0.717) is 48.3 Å². The zero-order chi connectivity index (χ0) is 21.3. The van der Waals surface area contributed by atoms with Gasteiger partial charge in [0.25, 0.3) is 0 Å². The van der Waals surface area contributed by atoms with Crippen LogP contribution in [0.5, 0.6) is 0 Å². The molecule has 1 fully saturated rings. The third-order valence-electron chi connectivity index (χ3n) is 5.15. The number of furan rings is 2. The molecule has 0 unspecified atom stereocenters. The lowest BCUT2D eigenvalue weighted by Gasteiger charge is -2.35. The molecule has 4 rings (SSSR count). The van der Waals surface area contributed by atoms with Crippen LogP contribution in [0.4, 0.5) is 5.13 Å². The van der Waals surface area contributed by atoms with Gasteiger partial charge in [-0.05, 0) is 37.1 Å². The number of rotatable bonds is 4. The van der Waals surface area contributed by atoms with E-state index in [4.69, 9.17) is 8.83 Å². The van der Waals surface area contributed by atoms with Crippen LogP contribution in [0.25, 0.3) is 22.1 Å². The third-order valence-corrected chi connectivity index (χ3v) is 6.14. The van der Waals surface area contributed by atoms with Gasteiger partial charge in [0.1, 0.15) is 16.3 Å². The Bertz CT molecular complexity index is 956. The van der Waals surface area contributed by atoms with Crippen molar-refractivity contribution in [2.45, 2.75) is 33.6 Å². The minimum atomic E-state index is -0.402. The second-order valence-electron chi connectivity index (χ2n) is 8.46. The standard InChI is InChI=1S/C22H25N3O4S/c1-22(2,3)20(27)25-10-8-14(9-11-25)19(26)24-21-23-17(15-6-4-12-28-15)18(30-21)16-7-5-13-29-16/h4-7,12-14H,8-11H2,1-3H3,(H,23,24,26). The highest BCUT2D eigenvalue weighted by molar-refractivity contribution is 7.19. The number of nitrogens with one attached hydrogen (secondary N) is 1. The molecule has 1 saturated heterocycles. The predicted octanol–water partition coefficient (Wildman–Crippen LogP) is 4.89. The first-order chi connectivity index (χ1) is 14.3. The molecule has 0 saturated carbocycles. The number of carbonyl (C=O) groups is 2. The van der Waals surface area contributed by atoms with Crippen molar-refractivity contribution in [3.63, 3.8) is 0 Å². The van der Waals surface area contributed by atoms with Crippen molar-refractivity contribution in [3.05, 3.63) is 36.8 Å². The maximum absolute atomic E-state index is 12.8. The number of thiazole rings is 1. The van der Waals surface area contributed by atoms with Gasteiger partial charge < -0.3 is 19.1 Å². The molecule has 0 radical (unpaired) electrons. The molecule has 1 N–H and O–H groups in total. The topological polar surface area (TPSA) is 88.6 Å². The number of hydrogen-bond acceptors (Lipinski definition) is 6. The molecule has 8 heteroatoms. The third kappa shape index (κ3) is 4.18. The maximum Gasteiger partial charge on any atom is 0.229 e. The van der Waals surface area contributed by atoms with Crippen LogP contribution in [0.3, 0.4) is 0 Å². The Labute approximate surface area is 179 Å². The van der Waals surface area contributed by atoms with Gasteiger partial charge in [0, 0.05) is 24.4 Å². The summed E-state index contributed by atoms with van der Waals surface area (Å²) in [5, 5.41) is 3.46. The van der Waals surface area contributed by atoms with E-state index < -0.39 is 5.41 Å². The molecule has 30 heavy (non-hydrogen) atoms. The summed E-state index contributed by atoms with van der Waals surface area (Å²) in [5.74, 6) is 1.22. The molecule has 1 aliphatic rings. The minimum Gasteiger partial charge on any atom is -0.463 e. The second kappa shape index (κ2) is 8.10. The van der Waals surface area contributed by atoms with Crippen LogP contribution >= 0.6 is 11.3 Å². The number of nitrogens with zero attached hydrogens (tertiary/aromatic N) is 2. The minimum absolute atomic E-state index is 0.0661. The van der Waals surface area contributed by atoms with Gasteiger partial charge in [-0.3, -0.25) is 9.59 Å². The lowest BCUT2D eigenvalue weighted by molar-refractivity contribution is -0.142. The van der Waals surface area contributed by atoms with Gasteiger partial charge in [-0.15, -0.1) is 0 Å². The van der Waals surface area contributed by atoms with E-state index in [1.165, 1.54) is 11.3 Å². The Hall–Kier alpha value is -2.87. The number of carbonyl (C=O) groups excluding carboxylic acids is 2. The van der Waals surface area contributed by atoms with Gasteiger partial charge in [-0.1, -0.05) is 32.1 Å². The van der Waals surface area contributed by atoms with Crippen molar-refractivity contribution in [2.24, 2.45) is 11.3 Å². The van der Waals surface area contributed by atoms with Crippen LogP contribution in [0.15, 0.2) is 45.6 Å². The summed E-state index contributed by atoms with van der Waals surface area (Å²) in [6.07, 6.45) is 4.49. The molecular weight excluding hydrogens is 402 g/mol. The number of likely N-dealkylation sites (tertiary alicyclic amines) is 1. The van der Waals surface area contributed by atoms with Crippen LogP contribution in [-0.4, -0.2) is 34.8 Å². The largest absolute Gasteiger partial charge is 0.463 e. The summed E-state index contributed by atoms with van der Waals surface area (Å²) in [6, 6.07) is 7.29. The lowest BCUT2D eigenvalue weighted by Crippen LogP contribution is -2.45. The SMILES string of the molecule is CC(C)(C)C(=O)N1CCC(C(=O)Nc2nc(-c3ccco3)c(-c3ccco3)s2)CC1. The van der Waals surface area contributed by atoms with E-state index in [0.717, 1.165) is 4.88 Å². The van der Waals surface area contributed by atoms with Crippen molar-refractivity contribution in [3.8, 4) is 22.1 Å². The van der Waals surface area contributed by atoms with Crippen molar-refractivity contribution >= 4 is 28.3 Å². The number of piperidine rings is 1. The first-order valence-electron chi connectivity index (χ1n) is 10.0. The van der Waals surface area contributed by atoms with Crippen LogP contribution in [0.1, 0.15) is 33.6 Å². The van der Waals surface area contributed by atoms with Gasteiger partial charge in [-0.2, -0.15) is 0 Å². The van der Waals surface area contributed by atoms with E-state index >= 15 is 0 Å². The highest BCUT2D eigenvalue weighted by Gasteiger charge is 2.32. The van der Waals surface area contributed by atoms with E-state index in [1.807, 2.05) is 43.9 Å². The highest BCUT2D eigenvalue weighted by atomic mass is 32.1. The highest BCUT2D eigenvalue weighted by Crippen LogP contribution is 2.39. The Morgan fingerprint density at radius 1 is 1.10 bits per heavy atom. The summed E-state index contributed by atoms with van der Waals surface area (Å²) in [6.45, 7) is 6.96. The van der Waals surface area contributed by atoms with Gasteiger partial charge in [0.15, 0.2) is 10.9 Å². The molecule has 2 amide bonds. The average molecular weight is 428 g/mol. The van der Waals surface area contributed by atoms with E-state index in [9.17, 15) is 9.59 Å². The molecule has 158 valence electrons. The lowest BCUT2D eigenvalue weighted by atomic mass is 9.91. The molecule has 3 aromatic heterocycles. The van der Waals surface area contributed by atoms with Crippen molar-refractivity contribution in [1.29, 1.82) is 0 Å². The second-order valence-corrected chi connectivity index (χ2v) is 9.46. The number of amides is 2. The smallest absolute Gasteiger partial charge is 0.229 e. The fourth-order valence-corrected chi connectivity index (χ4v) is 4.50. The summed E-state index contributed by atoms with van der Waals surface area (Å²) in [4.78, 5) is 32.5. The Morgan fingerprint density at radius 3 is 2.30 bits per heavy atom. The average Bonchev–Trinajstić information content (AvgIpc) is 3.47. The molecular formula is C22H25N3O4S. The van der Waals surface area contributed by atoms with Gasteiger partial charge in [0.2, 0.25) is 11.8 Å². The first kappa shape index (κ1) is 20.4. The monoisotopic (exact) mass is 427 g/mol.